The van der Waals surface area contributed by atoms with Crippen molar-refractivity contribution in [1.82, 2.24) is 4.90 Å². The molecule has 3 heteroatoms. The number of carbonyl (C=O) groups excluding carboxylic acids is 1. The maximum atomic E-state index is 12.2. The van der Waals surface area contributed by atoms with Gasteiger partial charge < -0.3 is 10.0 Å². The van der Waals surface area contributed by atoms with Crippen molar-refractivity contribution in [2.24, 2.45) is 0 Å². The van der Waals surface area contributed by atoms with Crippen molar-refractivity contribution in [2.75, 3.05) is 13.1 Å². The zero-order valence-electron chi connectivity index (χ0n) is 10.2. The monoisotopic (exact) mass is 233 g/mol. The van der Waals surface area contributed by atoms with Gasteiger partial charge in [-0.15, -0.1) is 0 Å². The van der Waals surface area contributed by atoms with Crippen molar-refractivity contribution in [3.63, 3.8) is 0 Å². The number of amides is 1. The van der Waals surface area contributed by atoms with Crippen molar-refractivity contribution >= 4 is 5.91 Å². The number of likely N-dealkylation sites (tertiary alicyclic amines) is 1. The number of β-amino-alcohol motifs (C(OH)–C–C–N with tert-alkyl or cyclic N) is 1. The highest BCUT2D eigenvalue weighted by Gasteiger charge is 2.33. The quantitative estimate of drug-likeness (QED) is 0.849. The molecule has 1 unspecified atom stereocenters. The zero-order valence-corrected chi connectivity index (χ0v) is 10.2. The van der Waals surface area contributed by atoms with E-state index >= 15 is 0 Å². The third kappa shape index (κ3) is 2.67. The van der Waals surface area contributed by atoms with Gasteiger partial charge in [0.2, 0.25) is 0 Å². The van der Waals surface area contributed by atoms with Crippen LogP contribution in [0.5, 0.6) is 0 Å². The minimum Gasteiger partial charge on any atom is -0.388 e. The summed E-state index contributed by atoms with van der Waals surface area (Å²) >= 11 is 0. The third-order valence-corrected chi connectivity index (χ3v) is 3.52. The second kappa shape index (κ2) is 4.88. The van der Waals surface area contributed by atoms with E-state index in [1.165, 1.54) is 0 Å². The van der Waals surface area contributed by atoms with Crippen molar-refractivity contribution < 1.29 is 9.90 Å². The van der Waals surface area contributed by atoms with Gasteiger partial charge in [-0.05, 0) is 31.4 Å². The highest BCUT2D eigenvalue weighted by atomic mass is 16.3. The molecule has 17 heavy (non-hydrogen) atoms. The van der Waals surface area contributed by atoms with Crippen LogP contribution in [-0.2, 0) is 0 Å². The number of hydrogen-bond acceptors (Lipinski definition) is 2. The van der Waals surface area contributed by atoms with Gasteiger partial charge in [-0.1, -0.05) is 25.1 Å². The first kappa shape index (κ1) is 12.1. The fourth-order valence-corrected chi connectivity index (χ4v) is 2.34. The molecule has 1 aromatic carbocycles. The molecule has 0 spiro atoms. The molecule has 0 saturated carbocycles. The van der Waals surface area contributed by atoms with Gasteiger partial charge in [0, 0.05) is 18.7 Å². The van der Waals surface area contributed by atoms with Crippen molar-refractivity contribution in [2.45, 2.75) is 31.8 Å². The molecule has 1 saturated heterocycles. The summed E-state index contributed by atoms with van der Waals surface area (Å²) < 4.78 is 0. The summed E-state index contributed by atoms with van der Waals surface area (Å²) in [7, 11) is 0. The van der Waals surface area contributed by atoms with Crippen LogP contribution in [0.3, 0.4) is 0 Å². The summed E-state index contributed by atoms with van der Waals surface area (Å²) in [5.74, 6) is 0.0252. The molecule has 1 heterocycles. The van der Waals surface area contributed by atoms with Gasteiger partial charge >= 0.3 is 0 Å². The Morgan fingerprint density at radius 2 is 2.12 bits per heavy atom. The molecule has 3 nitrogen and oxygen atoms in total. The first-order valence-electron chi connectivity index (χ1n) is 6.21. The summed E-state index contributed by atoms with van der Waals surface area (Å²) in [4.78, 5) is 14.0. The Morgan fingerprint density at radius 3 is 2.76 bits per heavy atom. The number of benzene rings is 1. The van der Waals surface area contributed by atoms with Gasteiger partial charge in [-0.25, -0.2) is 0 Å². The summed E-state index contributed by atoms with van der Waals surface area (Å²) in [6.45, 7) is 3.17. The number of carbonyl (C=O) groups is 1. The molecule has 92 valence electrons. The van der Waals surface area contributed by atoms with Crippen LogP contribution in [0.2, 0.25) is 0 Å². The standard InChI is InChI=1S/C14H19NO2/c1-2-14(17)9-6-10-15(11-14)13(16)12-7-4-3-5-8-12/h3-5,7-8,17H,2,6,9-11H2,1H3. The molecule has 1 aliphatic rings. The van der Waals surface area contributed by atoms with Gasteiger partial charge in [0.25, 0.3) is 5.91 Å². The lowest BCUT2D eigenvalue weighted by atomic mass is 9.90. The van der Waals surface area contributed by atoms with Crippen LogP contribution < -0.4 is 0 Å². The van der Waals surface area contributed by atoms with Gasteiger partial charge in [0.05, 0.1) is 5.60 Å². The first-order chi connectivity index (χ1) is 8.14. The van der Waals surface area contributed by atoms with Crippen LogP contribution in [0.4, 0.5) is 0 Å². The summed E-state index contributed by atoms with van der Waals surface area (Å²) in [6.07, 6.45) is 2.37. The van der Waals surface area contributed by atoms with Crippen LogP contribution in [0.1, 0.15) is 36.5 Å². The molecular weight excluding hydrogens is 214 g/mol. The predicted octanol–water partition coefficient (Wildman–Crippen LogP) is 2.06. The maximum Gasteiger partial charge on any atom is 0.253 e. The second-order valence-corrected chi connectivity index (χ2v) is 4.77. The van der Waals surface area contributed by atoms with Crippen molar-refractivity contribution in [1.29, 1.82) is 0 Å². The lowest BCUT2D eigenvalue weighted by molar-refractivity contribution is -0.0270. The molecule has 1 aromatic rings. The van der Waals surface area contributed by atoms with Crippen molar-refractivity contribution in [3.05, 3.63) is 35.9 Å². The molecule has 0 aromatic heterocycles. The van der Waals surface area contributed by atoms with E-state index in [1.54, 1.807) is 4.90 Å². The molecule has 1 amide bonds. The number of aliphatic hydroxyl groups is 1. The smallest absolute Gasteiger partial charge is 0.253 e. The lowest BCUT2D eigenvalue weighted by Gasteiger charge is -2.38. The fraction of sp³-hybridized carbons (Fsp3) is 0.500. The average Bonchev–Trinajstić information content (AvgIpc) is 2.39. The summed E-state index contributed by atoms with van der Waals surface area (Å²) in [5, 5.41) is 10.3. The van der Waals surface area contributed by atoms with E-state index in [9.17, 15) is 9.90 Å². The van der Waals surface area contributed by atoms with E-state index in [4.69, 9.17) is 0 Å². The van der Waals surface area contributed by atoms with Gasteiger partial charge in [0.15, 0.2) is 0 Å². The Kier molecular flexibility index (Phi) is 3.48. The Hall–Kier alpha value is -1.35. The van der Waals surface area contributed by atoms with E-state index in [0.717, 1.165) is 19.4 Å². The minimum atomic E-state index is -0.692. The third-order valence-electron chi connectivity index (χ3n) is 3.52. The predicted molar refractivity (Wildman–Crippen MR) is 66.8 cm³/mol. The Morgan fingerprint density at radius 1 is 1.41 bits per heavy atom. The molecule has 1 N–H and O–H groups in total. The van der Waals surface area contributed by atoms with Crippen LogP contribution in [0.15, 0.2) is 30.3 Å². The normalized spacial score (nSPS) is 24.7. The second-order valence-electron chi connectivity index (χ2n) is 4.77. The van der Waals surface area contributed by atoms with Gasteiger partial charge in [0.1, 0.15) is 0 Å². The van der Waals surface area contributed by atoms with E-state index in [0.29, 0.717) is 18.5 Å². The van der Waals surface area contributed by atoms with Crippen LogP contribution in [0.25, 0.3) is 0 Å². The highest BCUT2D eigenvalue weighted by Crippen LogP contribution is 2.25. The number of hydrogen-bond donors (Lipinski definition) is 1. The molecule has 1 atom stereocenters. The molecule has 2 rings (SSSR count). The fourth-order valence-electron chi connectivity index (χ4n) is 2.34. The maximum absolute atomic E-state index is 12.2. The van der Waals surface area contributed by atoms with E-state index in [2.05, 4.69) is 0 Å². The molecule has 1 fully saturated rings. The topological polar surface area (TPSA) is 40.5 Å². The highest BCUT2D eigenvalue weighted by molar-refractivity contribution is 5.94. The largest absolute Gasteiger partial charge is 0.388 e. The van der Waals surface area contributed by atoms with Gasteiger partial charge in [-0.3, -0.25) is 4.79 Å². The van der Waals surface area contributed by atoms with Crippen LogP contribution in [0, 0.1) is 0 Å². The molecular formula is C14H19NO2. The van der Waals surface area contributed by atoms with E-state index in [1.807, 2.05) is 37.3 Å². The lowest BCUT2D eigenvalue weighted by Crippen LogP contribution is -2.49. The Bertz CT molecular complexity index is 390. The zero-order chi connectivity index (χ0) is 12.3. The minimum absolute atomic E-state index is 0.0252. The Balaban J connectivity index is 2.10. The molecule has 1 aliphatic heterocycles. The number of piperidine rings is 1. The molecule has 0 bridgehead atoms. The SMILES string of the molecule is CCC1(O)CCCN(C(=O)c2ccccc2)C1. The molecule has 0 radical (unpaired) electrons. The first-order valence-corrected chi connectivity index (χ1v) is 6.21. The number of rotatable bonds is 2. The number of nitrogens with zero attached hydrogens (tertiary/aromatic N) is 1. The summed E-state index contributed by atoms with van der Waals surface area (Å²) in [5.41, 5.74) is 0.00994. The van der Waals surface area contributed by atoms with Gasteiger partial charge in [-0.2, -0.15) is 0 Å². The molecule has 0 aliphatic carbocycles. The van der Waals surface area contributed by atoms with Crippen LogP contribution >= 0.6 is 0 Å². The van der Waals surface area contributed by atoms with Crippen molar-refractivity contribution in [3.8, 4) is 0 Å². The van der Waals surface area contributed by atoms with Crippen LogP contribution in [-0.4, -0.2) is 34.6 Å². The van der Waals surface area contributed by atoms with E-state index in [-0.39, 0.29) is 5.91 Å². The Labute approximate surface area is 102 Å². The average molecular weight is 233 g/mol. The summed E-state index contributed by atoms with van der Waals surface area (Å²) in [6, 6.07) is 9.27. The van der Waals surface area contributed by atoms with E-state index < -0.39 is 5.60 Å².